The van der Waals surface area contributed by atoms with Crippen molar-refractivity contribution in [1.29, 1.82) is 5.41 Å². The molecule has 0 unspecified atom stereocenters. The van der Waals surface area contributed by atoms with Crippen LogP contribution in [0.1, 0.15) is 21.8 Å². The molecule has 2 aromatic carbocycles. The summed E-state index contributed by atoms with van der Waals surface area (Å²) in [5, 5.41) is 12.7. The highest BCUT2D eigenvalue weighted by atomic mass is 32.1. The molecule has 1 aromatic heterocycles. The van der Waals surface area contributed by atoms with Gasteiger partial charge in [-0.05, 0) is 6.07 Å². The molecule has 5 N–H and O–H groups in total. The highest BCUT2D eigenvalue weighted by molar-refractivity contribution is 7.16. The molecule has 1 atom stereocenters. The molecule has 0 aliphatic carbocycles. The molecule has 14 heteroatoms. The van der Waals surface area contributed by atoms with E-state index in [4.69, 9.17) is 20.6 Å². The molecule has 2 aliphatic rings. The van der Waals surface area contributed by atoms with Gasteiger partial charge in [0, 0.05) is 23.6 Å². The minimum absolute atomic E-state index is 0.000862. The lowest BCUT2D eigenvalue weighted by atomic mass is 10.0. The molecule has 3 heterocycles. The molecular formula is C25H22F3N7O3S. The molecule has 0 saturated carbocycles. The number of nitrogens with zero attached hydrogens (tertiary/aromatic N) is 3. The summed E-state index contributed by atoms with van der Waals surface area (Å²) in [6.07, 6.45) is -6.10. The molecule has 0 spiro atoms. The van der Waals surface area contributed by atoms with E-state index in [1.54, 1.807) is 24.3 Å². The van der Waals surface area contributed by atoms with Crippen molar-refractivity contribution < 1.29 is 27.4 Å². The molecule has 1 saturated heterocycles. The van der Waals surface area contributed by atoms with Gasteiger partial charge in [0.1, 0.15) is 5.00 Å². The normalized spacial score (nSPS) is 17.8. The number of hydrogen-bond acceptors (Lipinski definition) is 9. The Kier molecular flexibility index (Phi) is 7.30. The number of aromatic nitrogens is 1. The lowest BCUT2D eigenvalue weighted by molar-refractivity contribution is -0.137. The summed E-state index contributed by atoms with van der Waals surface area (Å²) < 4.78 is 50.4. The van der Waals surface area contributed by atoms with Crippen LogP contribution in [0.25, 0.3) is 0 Å². The van der Waals surface area contributed by atoms with E-state index in [1.807, 2.05) is 30.3 Å². The third-order valence-corrected chi connectivity index (χ3v) is 6.83. The fourth-order valence-electron chi connectivity index (χ4n) is 3.81. The molecular weight excluding hydrogens is 535 g/mol. The van der Waals surface area contributed by atoms with E-state index in [9.17, 15) is 18.0 Å². The average Bonchev–Trinajstić information content (AvgIpc) is 3.26. The first-order valence-corrected chi connectivity index (χ1v) is 12.5. The lowest BCUT2D eigenvalue weighted by Crippen LogP contribution is -2.33. The van der Waals surface area contributed by atoms with Crippen molar-refractivity contribution in [3.8, 4) is 0 Å². The number of thiazole rings is 1. The molecule has 10 nitrogen and oxygen atoms in total. The van der Waals surface area contributed by atoms with Crippen LogP contribution in [0.15, 0.2) is 64.6 Å². The first-order chi connectivity index (χ1) is 18.7. The monoisotopic (exact) mass is 557 g/mol. The fraction of sp³-hybridized carbons (Fsp3) is 0.240. The maximum atomic E-state index is 13.3. The fourth-order valence-corrected chi connectivity index (χ4v) is 4.65. The summed E-state index contributed by atoms with van der Waals surface area (Å²) in [6, 6.07) is 15.6. The number of ether oxygens (including phenoxy) is 2. The standard InChI is InChI=1S/C25H22F3N7O3S/c26-25(27,28)23-34-18(22(39-23)31-10-13-11-37-12-13)19(29)38-24(30)35-20-21(36)32-16-9-5-4-8-15(16)17(33-20)14-6-2-1-3-7-14/h1-9,13,20,29,31H,10-12H2,(H2,30,35)(H,32,36)/t20-/m1/s1. The van der Waals surface area contributed by atoms with Gasteiger partial charge in [-0.3, -0.25) is 10.2 Å². The first-order valence-electron chi connectivity index (χ1n) is 11.7. The number of anilines is 2. The molecule has 0 radical (unpaired) electrons. The smallest absolute Gasteiger partial charge is 0.405 e. The van der Waals surface area contributed by atoms with Crippen LogP contribution in [0.5, 0.6) is 0 Å². The van der Waals surface area contributed by atoms with Gasteiger partial charge in [0.25, 0.3) is 11.9 Å². The molecule has 5 rings (SSSR count). The number of nitrogens with one attached hydrogen (secondary N) is 3. The van der Waals surface area contributed by atoms with Gasteiger partial charge in [0.2, 0.25) is 17.1 Å². The number of rotatable bonds is 6. The lowest BCUT2D eigenvalue weighted by Gasteiger charge is -2.26. The van der Waals surface area contributed by atoms with Gasteiger partial charge in [-0.1, -0.05) is 59.9 Å². The van der Waals surface area contributed by atoms with Crippen molar-refractivity contribution in [1.82, 2.24) is 4.98 Å². The van der Waals surface area contributed by atoms with Crippen LogP contribution in [0.4, 0.5) is 23.9 Å². The zero-order valence-corrected chi connectivity index (χ0v) is 21.0. The van der Waals surface area contributed by atoms with E-state index >= 15 is 0 Å². The Labute approximate surface area is 224 Å². The number of para-hydroxylation sites is 1. The van der Waals surface area contributed by atoms with Crippen molar-refractivity contribution in [2.24, 2.45) is 21.6 Å². The topological polar surface area (TPSA) is 147 Å². The van der Waals surface area contributed by atoms with Gasteiger partial charge in [-0.25, -0.2) is 9.98 Å². The Morgan fingerprint density at radius 1 is 1.21 bits per heavy atom. The molecule has 3 aromatic rings. The van der Waals surface area contributed by atoms with Crippen LogP contribution < -0.4 is 16.4 Å². The van der Waals surface area contributed by atoms with Crippen LogP contribution in [0.2, 0.25) is 0 Å². The second-order valence-corrected chi connectivity index (χ2v) is 9.63. The third kappa shape index (κ3) is 5.91. The molecule has 2 aliphatic heterocycles. The number of alkyl halides is 3. The number of benzodiazepines with no additional fused rings is 1. The number of nitrogens with two attached hydrogens (primary N) is 1. The predicted octanol–water partition coefficient (Wildman–Crippen LogP) is 3.69. The van der Waals surface area contributed by atoms with E-state index < -0.39 is 35.2 Å². The molecule has 0 bridgehead atoms. The first kappa shape index (κ1) is 26.3. The van der Waals surface area contributed by atoms with Crippen molar-refractivity contribution in [3.63, 3.8) is 0 Å². The second-order valence-electron chi connectivity index (χ2n) is 8.63. The van der Waals surface area contributed by atoms with E-state index in [-0.39, 0.29) is 16.6 Å². The Balaban J connectivity index is 1.41. The maximum absolute atomic E-state index is 13.3. The summed E-state index contributed by atoms with van der Waals surface area (Å²) in [7, 11) is 0. The summed E-state index contributed by atoms with van der Waals surface area (Å²) in [6.45, 7) is 1.31. The largest absolute Gasteiger partial charge is 0.443 e. The highest BCUT2D eigenvalue weighted by Crippen LogP contribution is 2.37. The van der Waals surface area contributed by atoms with Crippen LogP contribution in [-0.4, -0.2) is 54.4 Å². The van der Waals surface area contributed by atoms with E-state index in [1.165, 1.54) is 0 Å². The predicted molar refractivity (Wildman–Crippen MR) is 140 cm³/mol. The number of amidine groups is 1. The summed E-state index contributed by atoms with van der Waals surface area (Å²) in [5.41, 5.74) is 7.90. The molecule has 202 valence electrons. The Bertz CT molecular complexity index is 1450. The maximum Gasteiger partial charge on any atom is 0.443 e. The van der Waals surface area contributed by atoms with Gasteiger partial charge in [0.15, 0.2) is 5.69 Å². The van der Waals surface area contributed by atoms with Gasteiger partial charge < -0.3 is 25.8 Å². The number of carbonyl (C=O) groups excluding carboxylic acids is 1. The number of halogens is 3. The third-order valence-electron chi connectivity index (χ3n) is 5.77. The van der Waals surface area contributed by atoms with Crippen LogP contribution in [0.3, 0.4) is 0 Å². The van der Waals surface area contributed by atoms with E-state index in [0.29, 0.717) is 48.1 Å². The van der Waals surface area contributed by atoms with Crippen LogP contribution in [-0.2, 0) is 20.4 Å². The SMILES string of the molecule is N=C(OC(N)=N[C@H]1N=C(c2ccccc2)c2ccccc2NC1=O)c1nc(C(F)(F)F)sc1NCC1COC1. The minimum atomic E-state index is -4.71. The van der Waals surface area contributed by atoms with Gasteiger partial charge in [-0.2, -0.15) is 18.2 Å². The zero-order chi connectivity index (χ0) is 27.6. The number of benzene rings is 2. The van der Waals surface area contributed by atoms with Crippen molar-refractivity contribution in [3.05, 3.63) is 76.4 Å². The van der Waals surface area contributed by atoms with Crippen LogP contribution in [0, 0.1) is 11.3 Å². The second kappa shape index (κ2) is 10.8. The van der Waals surface area contributed by atoms with Crippen LogP contribution >= 0.6 is 11.3 Å². The van der Waals surface area contributed by atoms with Crippen molar-refractivity contribution in [2.75, 3.05) is 30.4 Å². The minimum Gasteiger partial charge on any atom is -0.405 e. The number of carbonyl (C=O) groups is 1. The Morgan fingerprint density at radius 2 is 1.92 bits per heavy atom. The zero-order valence-electron chi connectivity index (χ0n) is 20.2. The van der Waals surface area contributed by atoms with Gasteiger partial charge >= 0.3 is 6.18 Å². The Morgan fingerprint density at radius 3 is 2.62 bits per heavy atom. The summed E-state index contributed by atoms with van der Waals surface area (Å²) in [4.78, 5) is 25.0. The number of amides is 1. The molecule has 39 heavy (non-hydrogen) atoms. The van der Waals surface area contributed by atoms with Gasteiger partial charge in [0.05, 0.1) is 24.6 Å². The number of fused-ring (bicyclic) bond motifs is 1. The average molecular weight is 558 g/mol. The Hall–Kier alpha value is -4.30. The number of hydrogen-bond donors (Lipinski definition) is 4. The van der Waals surface area contributed by atoms with E-state index in [0.717, 1.165) is 5.56 Å². The van der Waals surface area contributed by atoms with Gasteiger partial charge in [-0.15, -0.1) is 0 Å². The highest BCUT2D eigenvalue weighted by Gasteiger charge is 2.37. The van der Waals surface area contributed by atoms with E-state index in [2.05, 4.69) is 25.6 Å². The number of aliphatic imine (C=N–C) groups is 2. The molecule has 1 fully saturated rings. The summed E-state index contributed by atoms with van der Waals surface area (Å²) in [5.74, 6) is -1.24. The van der Waals surface area contributed by atoms with Crippen molar-refractivity contribution in [2.45, 2.75) is 12.3 Å². The quantitative estimate of drug-likeness (QED) is 0.269. The molecule has 1 amide bonds. The summed E-state index contributed by atoms with van der Waals surface area (Å²) >= 11 is 0.353. The van der Waals surface area contributed by atoms with Crippen molar-refractivity contribution >= 4 is 45.6 Å².